The fraction of sp³-hybridized carbons (Fsp3) is 0.438. The van der Waals surface area contributed by atoms with Crippen molar-refractivity contribution in [2.45, 2.75) is 38.1 Å². The second-order valence-corrected chi connectivity index (χ2v) is 5.03. The molecule has 1 aromatic rings. The smallest absolute Gasteiger partial charge is 0.220 e. The predicted octanol–water partition coefficient (Wildman–Crippen LogP) is 3.09. The van der Waals surface area contributed by atoms with Gasteiger partial charge in [-0.05, 0) is 37.2 Å². The second-order valence-electron chi connectivity index (χ2n) is 5.03. The third-order valence-corrected chi connectivity index (χ3v) is 3.41. The first-order valence-electron chi connectivity index (χ1n) is 6.74. The van der Waals surface area contributed by atoms with Crippen molar-refractivity contribution in [2.75, 3.05) is 0 Å². The number of carbonyl (C=O) groups excluding carboxylic acids is 1. The van der Waals surface area contributed by atoms with Crippen LogP contribution < -0.4 is 5.32 Å². The lowest BCUT2D eigenvalue weighted by atomic mass is 10.0. The zero-order valence-electron chi connectivity index (χ0n) is 10.8. The number of allylic oxidation sites excluding steroid dienone is 1. The summed E-state index contributed by atoms with van der Waals surface area (Å²) in [7, 11) is 0. The Balaban J connectivity index is 1.88. The summed E-state index contributed by atoms with van der Waals surface area (Å²) in [5, 5.41) is 3.18. The van der Waals surface area contributed by atoms with Gasteiger partial charge < -0.3 is 5.32 Å². The van der Waals surface area contributed by atoms with Gasteiger partial charge in [0, 0.05) is 12.5 Å². The molecule has 0 saturated heterocycles. The van der Waals surface area contributed by atoms with E-state index in [1.807, 2.05) is 6.07 Å². The van der Waals surface area contributed by atoms with E-state index in [0.717, 1.165) is 12.8 Å². The van der Waals surface area contributed by atoms with E-state index in [-0.39, 0.29) is 5.91 Å². The molecular weight excluding hydrogens is 222 g/mol. The topological polar surface area (TPSA) is 29.1 Å². The number of benzene rings is 1. The monoisotopic (exact) mass is 243 g/mol. The summed E-state index contributed by atoms with van der Waals surface area (Å²) in [6, 6.07) is 10.7. The third-order valence-electron chi connectivity index (χ3n) is 3.41. The molecule has 1 saturated carbocycles. The van der Waals surface area contributed by atoms with Crippen LogP contribution >= 0.6 is 0 Å². The molecule has 0 aliphatic heterocycles. The van der Waals surface area contributed by atoms with Crippen molar-refractivity contribution >= 4 is 5.91 Å². The molecule has 1 aliphatic rings. The Hall–Kier alpha value is -1.57. The first-order valence-corrected chi connectivity index (χ1v) is 6.74. The molecule has 0 heterocycles. The van der Waals surface area contributed by atoms with Gasteiger partial charge in [0.25, 0.3) is 0 Å². The van der Waals surface area contributed by atoms with Crippen LogP contribution in [0, 0.1) is 5.92 Å². The highest BCUT2D eigenvalue weighted by molar-refractivity contribution is 5.76. The van der Waals surface area contributed by atoms with Crippen molar-refractivity contribution in [2.24, 2.45) is 5.92 Å². The maximum atomic E-state index is 11.8. The fourth-order valence-electron chi connectivity index (χ4n) is 2.21. The molecule has 0 radical (unpaired) electrons. The third kappa shape index (κ3) is 4.02. The molecule has 0 bridgehead atoms. The van der Waals surface area contributed by atoms with E-state index in [9.17, 15) is 4.79 Å². The Bertz CT molecular complexity index is 395. The average Bonchev–Trinajstić information content (AvgIpc) is 3.21. The summed E-state index contributed by atoms with van der Waals surface area (Å²) in [5.74, 6) is 0.834. The minimum atomic E-state index is 0.155. The van der Waals surface area contributed by atoms with Crippen molar-refractivity contribution in [3.63, 3.8) is 0 Å². The number of rotatable bonds is 7. The van der Waals surface area contributed by atoms with Gasteiger partial charge in [0.1, 0.15) is 0 Å². The zero-order chi connectivity index (χ0) is 12.8. The second kappa shape index (κ2) is 6.39. The lowest BCUT2D eigenvalue weighted by molar-refractivity contribution is -0.121. The van der Waals surface area contributed by atoms with E-state index in [4.69, 9.17) is 0 Å². The Labute approximate surface area is 109 Å². The average molecular weight is 243 g/mol. The number of carbonyl (C=O) groups is 1. The summed E-state index contributed by atoms with van der Waals surface area (Å²) in [5.41, 5.74) is 1.30. The highest BCUT2D eigenvalue weighted by Crippen LogP contribution is 2.34. The molecule has 1 aliphatic carbocycles. The Kier molecular flexibility index (Phi) is 4.57. The van der Waals surface area contributed by atoms with Gasteiger partial charge in [-0.1, -0.05) is 36.4 Å². The van der Waals surface area contributed by atoms with Crippen molar-refractivity contribution < 1.29 is 4.79 Å². The molecular formula is C16H21NO. The van der Waals surface area contributed by atoms with Crippen molar-refractivity contribution in [3.05, 3.63) is 48.6 Å². The minimum absolute atomic E-state index is 0.155. The van der Waals surface area contributed by atoms with Crippen LogP contribution in [-0.4, -0.2) is 11.9 Å². The molecule has 1 fully saturated rings. The van der Waals surface area contributed by atoms with Gasteiger partial charge in [0.15, 0.2) is 0 Å². The van der Waals surface area contributed by atoms with Gasteiger partial charge in [0.05, 0.1) is 0 Å². The van der Waals surface area contributed by atoms with E-state index in [2.05, 4.69) is 36.2 Å². The van der Waals surface area contributed by atoms with Gasteiger partial charge in [-0.15, -0.1) is 6.58 Å². The van der Waals surface area contributed by atoms with Gasteiger partial charge in [-0.3, -0.25) is 4.79 Å². The lowest BCUT2D eigenvalue weighted by Crippen LogP contribution is -2.37. The van der Waals surface area contributed by atoms with Crippen molar-refractivity contribution in [3.8, 4) is 0 Å². The number of amides is 1. The quantitative estimate of drug-likeness (QED) is 0.733. The predicted molar refractivity (Wildman–Crippen MR) is 74.2 cm³/mol. The highest BCUT2D eigenvalue weighted by Gasteiger charge is 2.31. The van der Waals surface area contributed by atoms with Crippen LogP contribution in [0.15, 0.2) is 43.0 Å². The molecule has 0 spiro atoms. The largest absolute Gasteiger partial charge is 0.353 e. The van der Waals surface area contributed by atoms with Crippen LogP contribution in [0.25, 0.3) is 0 Å². The SMILES string of the molecule is C=CCCC(=O)NC(Cc1ccccc1)C1CC1. The molecule has 1 amide bonds. The first kappa shape index (κ1) is 12.9. The van der Waals surface area contributed by atoms with Crippen LogP contribution in [0.4, 0.5) is 0 Å². The van der Waals surface area contributed by atoms with Gasteiger partial charge >= 0.3 is 0 Å². The fourth-order valence-corrected chi connectivity index (χ4v) is 2.21. The molecule has 1 N–H and O–H groups in total. The van der Waals surface area contributed by atoms with Crippen LogP contribution in [-0.2, 0) is 11.2 Å². The summed E-state index contributed by atoms with van der Waals surface area (Å²) in [4.78, 5) is 11.8. The number of nitrogens with one attached hydrogen (secondary N) is 1. The van der Waals surface area contributed by atoms with E-state index in [1.54, 1.807) is 6.08 Å². The van der Waals surface area contributed by atoms with E-state index in [1.165, 1.54) is 18.4 Å². The molecule has 96 valence electrons. The molecule has 0 aromatic heterocycles. The van der Waals surface area contributed by atoms with Crippen molar-refractivity contribution in [1.29, 1.82) is 0 Å². The number of hydrogen-bond acceptors (Lipinski definition) is 1. The molecule has 18 heavy (non-hydrogen) atoms. The molecule has 1 atom stereocenters. The van der Waals surface area contributed by atoms with Crippen LogP contribution in [0.1, 0.15) is 31.2 Å². The van der Waals surface area contributed by atoms with Crippen LogP contribution in [0.3, 0.4) is 0 Å². The molecule has 2 heteroatoms. The highest BCUT2D eigenvalue weighted by atomic mass is 16.1. The van der Waals surface area contributed by atoms with Gasteiger partial charge in [-0.2, -0.15) is 0 Å². The van der Waals surface area contributed by atoms with Crippen molar-refractivity contribution in [1.82, 2.24) is 5.32 Å². The first-order chi connectivity index (χ1) is 8.79. The Morgan fingerprint density at radius 3 is 2.72 bits per heavy atom. The zero-order valence-corrected chi connectivity index (χ0v) is 10.8. The summed E-state index contributed by atoms with van der Waals surface area (Å²) in [6.45, 7) is 3.65. The minimum Gasteiger partial charge on any atom is -0.353 e. The van der Waals surface area contributed by atoms with Gasteiger partial charge in [0.2, 0.25) is 5.91 Å². The van der Waals surface area contributed by atoms with Crippen LogP contribution in [0.2, 0.25) is 0 Å². The summed E-state index contributed by atoms with van der Waals surface area (Å²) < 4.78 is 0. The van der Waals surface area contributed by atoms with Gasteiger partial charge in [-0.25, -0.2) is 0 Å². The normalized spacial score (nSPS) is 16.0. The standard InChI is InChI=1S/C16H21NO/c1-2-3-9-16(18)17-15(14-10-11-14)12-13-7-5-4-6-8-13/h2,4-8,14-15H,1,3,9-12H2,(H,17,18). The molecule has 2 nitrogen and oxygen atoms in total. The van der Waals surface area contributed by atoms with Crippen LogP contribution in [0.5, 0.6) is 0 Å². The molecule has 1 aromatic carbocycles. The maximum Gasteiger partial charge on any atom is 0.220 e. The Morgan fingerprint density at radius 1 is 1.39 bits per heavy atom. The molecule has 2 rings (SSSR count). The van der Waals surface area contributed by atoms with E-state index >= 15 is 0 Å². The van der Waals surface area contributed by atoms with E-state index < -0.39 is 0 Å². The molecule has 1 unspecified atom stereocenters. The van der Waals surface area contributed by atoms with E-state index in [0.29, 0.717) is 18.4 Å². The maximum absolute atomic E-state index is 11.8. The summed E-state index contributed by atoms with van der Waals surface area (Å²) in [6.07, 6.45) is 6.56. The Morgan fingerprint density at radius 2 is 2.11 bits per heavy atom. The summed E-state index contributed by atoms with van der Waals surface area (Å²) >= 11 is 0. The number of hydrogen-bond donors (Lipinski definition) is 1. The lowest BCUT2D eigenvalue weighted by Gasteiger charge is -2.18.